The highest BCUT2D eigenvalue weighted by Gasteiger charge is 2.03. The van der Waals surface area contributed by atoms with Gasteiger partial charge in [-0.1, -0.05) is 83.4 Å². The van der Waals surface area contributed by atoms with Crippen LogP contribution in [0.5, 0.6) is 0 Å². The zero-order valence-electron chi connectivity index (χ0n) is 16.9. The van der Waals surface area contributed by atoms with Crippen LogP contribution in [-0.2, 0) is 0 Å². The van der Waals surface area contributed by atoms with E-state index in [1.54, 1.807) is 0 Å². The normalized spacial score (nSPS) is 12.8. The van der Waals surface area contributed by atoms with Crippen LogP contribution >= 0.6 is 37.2 Å². The fourth-order valence-electron chi connectivity index (χ4n) is 2.82. The van der Waals surface area contributed by atoms with Crippen LogP contribution in [-0.4, -0.2) is 25.0 Å². The summed E-state index contributed by atoms with van der Waals surface area (Å²) >= 11 is 4.24. The Kier molecular flexibility index (Phi) is 13.0. The molecule has 27 heavy (non-hydrogen) atoms. The smallest absolute Gasteiger partial charge is 0 e. The molecule has 1 heterocycles. The lowest BCUT2D eigenvalue weighted by atomic mass is 10.1. The summed E-state index contributed by atoms with van der Waals surface area (Å²) in [5.41, 5.74) is 3.98. The van der Waals surface area contributed by atoms with Gasteiger partial charge < -0.3 is 4.90 Å². The van der Waals surface area contributed by atoms with Crippen molar-refractivity contribution in [1.82, 2.24) is 4.90 Å². The molecule has 0 unspecified atom stereocenters. The van der Waals surface area contributed by atoms with Gasteiger partial charge in [0.1, 0.15) is 0 Å². The Hall–Kier alpha value is -0.660. The van der Waals surface area contributed by atoms with E-state index in [1.807, 2.05) is 0 Å². The first-order chi connectivity index (χ1) is 13.0. The summed E-state index contributed by atoms with van der Waals surface area (Å²) < 4.78 is 0. The summed E-state index contributed by atoms with van der Waals surface area (Å²) in [6.45, 7) is 8.95. The lowest BCUT2D eigenvalue weighted by Gasteiger charge is -2.01. The Balaban J connectivity index is 0.000000202. The molecular formula is C24H31I2N. The third kappa shape index (κ3) is 10.5. The van der Waals surface area contributed by atoms with E-state index in [4.69, 9.17) is 0 Å². The summed E-state index contributed by atoms with van der Waals surface area (Å²) in [7, 11) is 2.17. The Morgan fingerprint density at radius 1 is 0.630 bits per heavy atom. The standard InChI is InChI=1S/C11H10.C8H10.C5H11N.I2/c1-9-6-7-10-4-2-3-5-11(10)8-9;1-7-3-5-8(2)6-4-7;1-6-4-2-3-5-6;1-2/h2-8H,1H3;3-6H,1-2H3;2-5H2,1H3;. The third-order valence-corrected chi connectivity index (χ3v) is 4.45. The predicted molar refractivity (Wildman–Crippen MR) is 139 cm³/mol. The van der Waals surface area contributed by atoms with E-state index >= 15 is 0 Å². The van der Waals surface area contributed by atoms with Crippen LogP contribution in [0, 0.1) is 20.8 Å². The van der Waals surface area contributed by atoms with Crippen LogP contribution in [0.15, 0.2) is 66.7 Å². The number of benzene rings is 3. The van der Waals surface area contributed by atoms with Crippen molar-refractivity contribution in [2.45, 2.75) is 33.6 Å². The highest BCUT2D eigenvalue weighted by atomic mass is 128. The number of nitrogens with zero attached hydrogens (tertiary/aromatic N) is 1. The van der Waals surface area contributed by atoms with Crippen LogP contribution in [0.1, 0.15) is 29.5 Å². The first kappa shape index (κ1) is 24.4. The van der Waals surface area contributed by atoms with Gasteiger partial charge in [0, 0.05) is 37.2 Å². The fraction of sp³-hybridized carbons (Fsp3) is 0.333. The van der Waals surface area contributed by atoms with E-state index in [-0.39, 0.29) is 0 Å². The van der Waals surface area contributed by atoms with Gasteiger partial charge in [0.25, 0.3) is 0 Å². The SMILES string of the molecule is CN1CCCC1.Cc1ccc(C)cc1.Cc1ccc2ccccc2c1.II. The van der Waals surface area contributed by atoms with Crippen LogP contribution in [0.2, 0.25) is 0 Å². The van der Waals surface area contributed by atoms with Gasteiger partial charge >= 0.3 is 0 Å². The van der Waals surface area contributed by atoms with Crippen molar-refractivity contribution in [2.24, 2.45) is 0 Å². The number of rotatable bonds is 0. The molecule has 0 aliphatic carbocycles. The summed E-state index contributed by atoms with van der Waals surface area (Å²) in [6, 6.07) is 23.4. The van der Waals surface area contributed by atoms with Crippen LogP contribution in [0.25, 0.3) is 10.8 Å². The number of aryl methyl sites for hydroxylation is 3. The summed E-state index contributed by atoms with van der Waals surface area (Å²) in [5.74, 6) is 0. The van der Waals surface area contributed by atoms with Gasteiger partial charge in [-0.15, -0.1) is 0 Å². The highest BCUT2D eigenvalue weighted by Crippen LogP contribution is 2.14. The van der Waals surface area contributed by atoms with Gasteiger partial charge in [0.15, 0.2) is 0 Å². The van der Waals surface area contributed by atoms with Crippen molar-refractivity contribution < 1.29 is 0 Å². The first-order valence-electron chi connectivity index (χ1n) is 9.36. The lowest BCUT2D eigenvalue weighted by molar-refractivity contribution is 0.418. The minimum atomic E-state index is 1.32. The second-order valence-corrected chi connectivity index (χ2v) is 7.02. The average molecular weight is 587 g/mol. The van der Waals surface area contributed by atoms with Crippen molar-refractivity contribution in [3.05, 3.63) is 83.4 Å². The monoisotopic (exact) mass is 587 g/mol. The van der Waals surface area contributed by atoms with Crippen LogP contribution in [0.4, 0.5) is 0 Å². The van der Waals surface area contributed by atoms with E-state index in [1.165, 1.54) is 53.4 Å². The zero-order valence-corrected chi connectivity index (χ0v) is 21.2. The molecule has 0 atom stereocenters. The van der Waals surface area contributed by atoms with Crippen molar-refractivity contribution in [2.75, 3.05) is 20.1 Å². The second kappa shape index (κ2) is 14.4. The molecule has 0 N–H and O–H groups in total. The Bertz CT molecular complexity index is 742. The molecule has 3 heteroatoms. The van der Waals surface area contributed by atoms with Crippen molar-refractivity contribution in [3.63, 3.8) is 0 Å². The van der Waals surface area contributed by atoms with E-state index in [2.05, 4.69) is 137 Å². The molecule has 0 aromatic heterocycles. The maximum absolute atomic E-state index is 2.36. The zero-order chi connectivity index (χ0) is 20.1. The van der Waals surface area contributed by atoms with Crippen molar-refractivity contribution in [1.29, 1.82) is 0 Å². The second-order valence-electron chi connectivity index (χ2n) is 7.02. The molecule has 1 fully saturated rings. The van der Waals surface area contributed by atoms with E-state index in [0.717, 1.165) is 0 Å². The van der Waals surface area contributed by atoms with E-state index < -0.39 is 0 Å². The molecule has 0 spiro atoms. The highest BCUT2D eigenvalue weighted by molar-refractivity contribution is 15.0. The molecule has 1 aliphatic heterocycles. The Morgan fingerprint density at radius 2 is 1.07 bits per heavy atom. The van der Waals surface area contributed by atoms with Gasteiger partial charge in [-0.2, -0.15) is 0 Å². The third-order valence-electron chi connectivity index (χ3n) is 4.45. The maximum Gasteiger partial charge on any atom is 0 e. The van der Waals surface area contributed by atoms with Crippen molar-refractivity contribution in [3.8, 4) is 0 Å². The first-order valence-corrected chi connectivity index (χ1v) is 15.6. The van der Waals surface area contributed by atoms with Gasteiger partial charge in [-0.3, -0.25) is 0 Å². The largest absolute Gasteiger partial charge is 0.306 e. The molecule has 4 rings (SSSR count). The molecule has 0 amide bonds. The Labute approximate surface area is 188 Å². The molecule has 0 radical (unpaired) electrons. The van der Waals surface area contributed by atoms with Crippen LogP contribution < -0.4 is 0 Å². The molecule has 0 bridgehead atoms. The van der Waals surface area contributed by atoms with Crippen LogP contribution in [0.3, 0.4) is 0 Å². The Morgan fingerprint density at radius 3 is 1.52 bits per heavy atom. The number of halogens is 2. The number of likely N-dealkylation sites (tertiary alicyclic amines) is 1. The average Bonchev–Trinajstić information content (AvgIpc) is 3.18. The molecule has 3 aromatic rings. The van der Waals surface area contributed by atoms with E-state index in [0.29, 0.717) is 0 Å². The number of fused-ring (bicyclic) bond motifs is 1. The molecule has 3 aromatic carbocycles. The molecule has 1 aliphatic rings. The minimum absolute atomic E-state index is 1.32. The maximum atomic E-state index is 2.36. The minimum Gasteiger partial charge on any atom is -0.306 e. The lowest BCUT2D eigenvalue weighted by Crippen LogP contribution is -2.10. The van der Waals surface area contributed by atoms with E-state index in [9.17, 15) is 0 Å². The molecule has 1 nitrogen and oxygen atoms in total. The van der Waals surface area contributed by atoms with Gasteiger partial charge in [-0.05, 0) is 64.5 Å². The summed E-state index contributed by atoms with van der Waals surface area (Å²) in [5, 5.41) is 2.64. The molecule has 1 saturated heterocycles. The summed E-state index contributed by atoms with van der Waals surface area (Å²) in [4.78, 5) is 2.36. The van der Waals surface area contributed by atoms with Crippen molar-refractivity contribution >= 4 is 48.0 Å². The topological polar surface area (TPSA) is 3.24 Å². The van der Waals surface area contributed by atoms with Gasteiger partial charge in [0.2, 0.25) is 0 Å². The summed E-state index contributed by atoms with van der Waals surface area (Å²) in [6.07, 6.45) is 2.83. The number of hydrogen-bond donors (Lipinski definition) is 0. The van der Waals surface area contributed by atoms with Gasteiger partial charge in [0.05, 0.1) is 0 Å². The predicted octanol–water partition coefficient (Wildman–Crippen LogP) is 7.94. The molecule has 0 saturated carbocycles. The van der Waals surface area contributed by atoms with Gasteiger partial charge in [-0.25, -0.2) is 0 Å². The fourth-order valence-corrected chi connectivity index (χ4v) is 2.82. The number of hydrogen-bond acceptors (Lipinski definition) is 1. The molecule has 146 valence electrons. The quantitative estimate of drug-likeness (QED) is 0.242. The molecular weight excluding hydrogens is 556 g/mol.